The predicted octanol–water partition coefficient (Wildman–Crippen LogP) is 1.28. The van der Waals surface area contributed by atoms with Gasteiger partial charge in [0.2, 0.25) is 11.8 Å². The van der Waals surface area contributed by atoms with Crippen molar-refractivity contribution in [1.29, 1.82) is 0 Å². The molecule has 1 saturated heterocycles. The summed E-state index contributed by atoms with van der Waals surface area (Å²) in [4.78, 5) is 39.4. The van der Waals surface area contributed by atoms with E-state index in [2.05, 4.69) is 10.6 Å². The van der Waals surface area contributed by atoms with E-state index in [9.17, 15) is 19.5 Å². The van der Waals surface area contributed by atoms with Crippen LogP contribution in [0.15, 0.2) is 24.3 Å². The molecule has 1 aromatic carbocycles. The van der Waals surface area contributed by atoms with E-state index in [0.29, 0.717) is 30.8 Å². The Bertz CT molecular complexity index is 780. The SMILES string of the molecule is O=C1N[C@@H](CC(=O)N2CC[C@]3(O)CCCC[C@H]3C2)C(=O)Nc2ccccc21. The maximum atomic E-state index is 12.8. The van der Waals surface area contributed by atoms with Gasteiger partial charge >= 0.3 is 0 Å². The summed E-state index contributed by atoms with van der Waals surface area (Å²) in [6, 6.07) is 5.89. The standard InChI is InChI=1S/C20H25N3O4/c24-17(23-10-9-20(27)8-4-3-5-13(20)12-23)11-16-19(26)21-15-7-2-1-6-14(15)18(25)22-16/h1-2,6-7,13,16,27H,3-5,8-12H2,(H,21,26)(H,22,25)/t13-,16-,20+/m0/s1. The largest absolute Gasteiger partial charge is 0.389 e. The van der Waals surface area contributed by atoms with Crippen LogP contribution in [0.4, 0.5) is 5.69 Å². The number of piperidine rings is 1. The molecule has 7 heteroatoms. The fourth-order valence-corrected chi connectivity index (χ4v) is 4.56. The number of likely N-dealkylation sites (tertiary alicyclic amines) is 1. The molecular weight excluding hydrogens is 346 g/mol. The van der Waals surface area contributed by atoms with Crippen molar-refractivity contribution < 1.29 is 19.5 Å². The Morgan fingerprint density at radius 3 is 2.89 bits per heavy atom. The van der Waals surface area contributed by atoms with Gasteiger partial charge < -0.3 is 20.6 Å². The lowest BCUT2D eigenvalue weighted by Gasteiger charge is -2.47. The highest BCUT2D eigenvalue weighted by Gasteiger charge is 2.44. The molecule has 0 spiro atoms. The van der Waals surface area contributed by atoms with Gasteiger partial charge in [-0.2, -0.15) is 0 Å². The summed E-state index contributed by atoms with van der Waals surface area (Å²) in [6.45, 7) is 1.02. The Kier molecular flexibility index (Phi) is 4.63. The zero-order valence-electron chi connectivity index (χ0n) is 15.2. The van der Waals surface area contributed by atoms with Crippen molar-refractivity contribution in [3.8, 4) is 0 Å². The van der Waals surface area contributed by atoms with Crippen LogP contribution in [0.3, 0.4) is 0 Å². The van der Waals surface area contributed by atoms with Gasteiger partial charge in [-0.3, -0.25) is 14.4 Å². The molecule has 1 saturated carbocycles. The number of nitrogens with zero attached hydrogens (tertiary/aromatic N) is 1. The van der Waals surface area contributed by atoms with E-state index >= 15 is 0 Å². The van der Waals surface area contributed by atoms with E-state index in [-0.39, 0.29) is 30.1 Å². The first-order valence-corrected chi connectivity index (χ1v) is 9.67. The molecule has 2 fully saturated rings. The molecule has 144 valence electrons. The van der Waals surface area contributed by atoms with Crippen LogP contribution in [-0.4, -0.2) is 52.5 Å². The number of benzene rings is 1. The number of fused-ring (bicyclic) bond motifs is 2. The van der Waals surface area contributed by atoms with Gasteiger partial charge in [0.05, 0.1) is 23.3 Å². The third-order valence-corrected chi connectivity index (χ3v) is 6.21. The third-order valence-electron chi connectivity index (χ3n) is 6.21. The van der Waals surface area contributed by atoms with Gasteiger partial charge in [0.25, 0.3) is 5.91 Å². The van der Waals surface area contributed by atoms with Crippen LogP contribution in [0, 0.1) is 5.92 Å². The van der Waals surface area contributed by atoms with E-state index in [1.165, 1.54) is 0 Å². The summed E-state index contributed by atoms with van der Waals surface area (Å²) in [5.74, 6) is -0.797. The zero-order chi connectivity index (χ0) is 19.0. The first kappa shape index (κ1) is 18.0. The number of amides is 3. The second kappa shape index (κ2) is 6.96. The molecular formula is C20H25N3O4. The summed E-state index contributed by atoms with van der Waals surface area (Å²) in [6.07, 6.45) is 4.36. The Balaban J connectivity index is 1.43. The second-order valence-corrected chi connectivity index (χ2v) is 7.90. The molecule has 3 amide bonds. The molecule has 0 unspecified atom stereocenters. The molecule has 4 rings (SSSR count). The normalized spacial score (nSPS) is 30.5. The molecule has 1 aliphatic carbocycles. The van der Waals surface area contributed by atoms with Crippen molar-refractivity contribution in [3.63, 3.8) is 0 Å². The van der Waals surface area contributed by atoms with Crippen molar-refractivity contribution in [2.75, 3.05) is 18.4 Å². The quantitative estimate of drug-likeness (QED) is 0.729. The van der Waals surface area contributed by atoms with Gasteiger partial charge in [0, 0.05) is 19.0 Å². The van der Waals surface area contributed by atoms with Crippen LogP contribution >= 0.6 is 0 Å². The molecule has 7 nitrogen and oxygen atoms in total. The summed E-state index contributed by atoms with van der Waals surface area (Å²) in [5.41, 5.74) is 0.205. The summed E-state index contributed by atoms with van der Waals surface area (Å²) in [5, 5.41) is 16.2. The third kappa shape index (κ3) is 3.43. The molecule has 1 aromatic rings. The van der Waals surface area contributed by atoms with Crippen molar-refractivity contribution in [2.45, 2.75) is 50.2 Å². The van der Waals surface area contributed by atoms with Crippen molar-refractivity contribution in [2.24, 2.45) is 5.92 Å². The molecule has 2 aliphatic heterocycles. The number of nitrogens with one attached hydrogen (secondary N) is 2. The van der Waals surface area contributed by atoms with Crippen molar-refractivity contribution in [3.05, 3.63) is 29.8 Å². The van der Waals surface area contributed by atoms with Crippen molar-refractivity contribution in [1.82, 2.24) is 10.2 Å². The van der Waals surface area contributed by atoms with Crippen LogP contribution in [0.25, 0.3) is 0 Å². The van der Waals surface area contributed by atoms with Crippen LogP contribution in [0.2, 0.25) is 0 Å². The number of aliphatic hydroxyl groups is 1. The number of hydrogen-bond donors (Lipinski definition) is 3. The molecule has 3 aliphatic rings. The lowest BCUT2D eigenvalue weighted by atomic mass is 9.71. The maximum Gasteiger partial charge on any atom is 0.254 e. The van der Waals surface area contributed by atoms with Gasteiger partial charge in [-0.15, -0.1) is 0 Å². The Morgan fingerprint density at radius 2 is 2.04 bits per heavy atom. The fraction of sp³-hybridized carbons (Fsp3) is 0.550. The smallest absolute Gasteiger partial charge is 0.254 e. The van der Waals surface area contributed by atoms with Crippen molar-refractivity contribution >= 4 is 23.4 Å². The van der Waals surface area contributed by atoms with Gasteiger partial charge in [0.15, 0.2) is 0 Å². The van der Waals surface area contributed by atoms with Gasteiger partial charge in [-0.05, 0) is 31.4 Å². The zero-order valence-corrected chi connectivity index (χ0v) is 15.2. The predicted molar refractivity (Wildman–Crippen MR) is 99.0 cm³/mol. The van der Waals surface area contributed by atoms with Crippen LogP contribution in [0.1, 0.15) is 48.9 Å². The average Bonchev–Trinajstić information content (AvgIpc) is 2.77. The maximum absolute atomic E-state index is 12.8. The Hall–Kier alpha value is -2.41. The number of carbonyl (C=O) groups excluding carboxylic acids is 3. The number of carbonyl (C=O) groups is 3. The lowest BCUT2D eigenvalue weighted by Crippen LogP contribution is -2.55. The minimum Gasteiger partial charge on any atom is -0.389 e. The second-order valence-electron chi connectivity index (χ2n) is 7.90. The first-order chi connectivity index (χ1) is 13.0. The molecule has 0 aromatic heterocycles. The summed E-state index contributed by atoms with van der Waals surface area (Å²) in [7, 11) is 0. The minimum absolute atomic E-state index is 0.0727. The van der Waals surface area contributed by atoms with Gasteiger partial charge in [-0.1, -0.05) is 25.0 Å². The molecule has 3 N–H and O–H groups in total. The highest BCUT2D eigenvalue weighted by atomic mass is 16.3. The van der Waals surface area contributed by atoms with E-state index in [0.717, 1.165) is 25.7 Å². The topological polar surface area (TPSA) is 98.7 Å². The number of hydrogen-bond acceptors (Lipinski definition) is 4. The minimum atomic E-state index is -0.899. The number of para-hydroxylation sites is 1. The van der Waals surface area contributed by atoms with Crippen LogP contribution in [-0.2, 0) is 9.59 Å². The molecule has 3 atom stereocenters. The highest BCUT2D eigenvalue weighted by molar-refractivity contribution is 6.10. The monoisotopic (exact) mass is 371 g/mol. The molecule has 0 bridgehead atoms. The van der Waals surface area contributed by atoms with E-state index in [4.69, 9.17) is 0 Å². The molecule has 27 heavy (non-hydrogen) atoms. The lowest BCUT2D eigenvalue weighted by molar-refractivity contribution is -0.144. The fourth-order valence-electron chi connectivity index (χ4n) is 4.56. The highest BCUT2D eigenvalue weighted by Crippen LogP contribution is 2.39. The summed E-state index contributed by atoms with van der Waals surface area (Å²) < 4.78 is 0. The Labute approximate surface area is 158 Å². The first-order valence-electron chi connectivity index (χ1n) is 9.67. The molecule has 2 heterocycles. The average molecular weight is 371 g/mol. The Morgan fingerprint density at radius 1 is 1.22 bits per heavy atom. The van der Waals surface area contributed by atoms with Crippen LogP contribution in [0.5, 0.6) is 0 Å². The van der Waals surface area contributed by atoms with Gasteiger partial charge in [0.1, 0.15) is 6.04 Å². The number of rotatable bonds is 2. The van der Waals surface area contributed by atoms with E-state index in [1.54, 1.807) is 29.2 Å². The number of anilines is 1. The van der Waals surface area contributed by atoms with Gasteiger partial charge in [-0.25, -0.2) is 0 Å². The van der Waals surface area contributed by atoms with E-state index < -0.39 is 11.6 Å². The summed E-state index contributed by atoms with van der Waals surface area (Å²) >= 11 is 0. The molecule has 0 radical (unpaired) electrons. The van der Waals surface area contributed by atoms with E-state index in [1.807, 2.05) is 0 Å². The van der Waals surface area contributed by atoms with Crippen LogP contribution < -0.4 is 10.6 Å².